The van der Waals surface area contributed by atoms with Crippen molar-refractivity contribution in [2.75, 3.05) is 20.1 Å². The van der Waals surface area contributed by atoms with Crippen LogP contribution in [0, 0.1) is 20.8 Å². The predicted octanol–water partition coefficient (Wildman–Crippen LogP) is 1.80. The fourth-order valence-electron chi connectivity index (χ4n) is 2.41. The third-order valence-corrected chi connectivity index (χ3v) is 3.51. The first kappa shape index (κ1) is 12.2. The molecule has 1 atom stereocenters. The number of rotatable bonds is 2. The van der Waals surface area contributed by atoms with Crippen LogP contribution in [0.4, 0.5) is 0 Å². The van der Waals surface area contributed by atoms with Crippen molar-refractivity contribution >= 4 is 5.97 Å². The highest BCUT2D eigenvalue weighted by atomic mass is 16.5. The second kappa shape index (κ2) is 4.53. The number of nitrogens with one attached hydrogen (secondary N) is 1. The first-order valence-corrected chi connectivity index (χ1v) is 6.04. The topological polar surface area (TPSA) is 45.3 Å². The van der Waals surface area contributed by atoms with Crippen LogP contribution in [-0.2, 0) is 4.74 Å². The molecule has 2 heterocycles. The molecule has 0 saturated carbocycles. The molecule has 0 bridgehead atoms. The minimum absolute atomic E-state index is 0.0431. The molecule has 1 aliphatic heterocycles. The molecular weight excluding hydrogens is 216 g/mol. The molecule has 1 aromatic heterocycles. The number of esters is 1. The van der Waals surface area contributed by atoms with E-state index in [1.165, 1.54) is 0 Å². The van der Waals surface area contributed by atoms with Gasteiger partial charge in [-0.2, -0.15) is 0 Å². The summed E-state index contributed by atoms with van der Waals surface area (Å²) >= 11 is 0. The zero-order valence-electron chi connectivity index (χ0n) is 11.0. The van der Waals surface area contributed by atoms with Gasteiger partial charge in [-0.05, 0) is 39.8 Å². The van der Waals surface area contributed by atoms with E-state index in [-0.39, 0.29) is 12.1 Å². The summed E-state index contributed by atoms with van der Waals surface area (Å²) in [5.74, 6) is -0.190. The molecule has 0 amide bonds. The lowest BCUT2D eigenvalue weighted by Gasteiger charge is -2.12. The van der Waals surface area contributed by atoms with Gasteiger partial charge in [0.25, 0.3) is 0 Å². The number of hydrogen-bond donors (Lipinski definition) is 1. The number of aromatic nitrogens is 1. The van der Waals surface area contributed by atoms with Crippen LogP contribution in [0.3, 0.4) is 0 Å². The second-order valence-corrected chi connectivity index (χ2v) is 4.95. The van der Waals surface area contributed by atoms with Gasteiger partial charge in [-0.25, -0.2) is 4.79 Å². The van der Waals surface area contributed by atoms with Crippen molar-refractivity contribution in [2.24, 2.45) is 0 Å². The fourth-order valence-corrected chi connectivity index (χ4v) is 2.41. The zero-order chi connectivity index (χ0) is 12.6. The summed E-state index contributed by atoms with van der Waals surface area (Å²) in [5.41, 5.74) is 3.64. The Bertz CT molecular complexity index is 437. The van der Waals surface area contributed by atoms with Crippen molar-refractivity contribution in [2.45, 2.75) is 33.3 Å². The molecule has 1 saturated heterocycles. The van der Waals surface area contributed by atoms with E-state index < -0.39 is 0 Å². The molecule has 1 N–H and O–H groups in total. The number of aryl methyl sites for hydroxylation is 2. The molecule has 4 nitrogen and oxygen atoms in total. The summed E-state index contributed by atoms with van der Waals surface area (Å²) in [7, 11) is 2.05. The van der Waals surface area contributed by atoms with Gasteiger partial charge in [0.1, 0.15) is 6.10 Å². The molecule has 17 heavy (non-hydrogen) atoms. The standard InChI is InChI=1S/C13H20N2O2/c1-8-9(2)14-10(3)12(8)13(16)17-11-5-6-15(4)7-11/h11,14H,5-7H2,1-4H3. The lowest BCUT2D eigenvalue weighted by atomic mass is 10.1. The highest BCUT2D eigenvalue weighted by Gasteiger charge is 2.26. The highest BCUT2D eigenvalue weighted by Crippen LogP contribution is 2.20. The van der Waals surface area contributed by atoms with E-state index in [4.69, 9.17) is 4.74 Å². The molecular formula is C13H20N2O2. The molecule has 0 spiro atoms. The van der Waals surface area contributed by atoms with E-state index in [0.717, 1.165) is 36.5 Å². The lowest BCUT2D eigenvalue weighted by Crippen LogP contribution is -2.22. The maximum absolute atomic E-state index is 12.1. The molecule has 0 radical (unpaired) electrons. The Morgan fingerprint density at radius 3 is 2.53 bits per heavy atom. The van der Waals surface area contributed by atoms with E-state index >= 15 is 0 Å². The van der Waals surface area contributed by atoms with Gasteiger partial charge in [0, 0.05) is 24.5 Å². The molecule has 1 unspecified atom stereocenters. The first-order valence-electron chi connectivity index (χ1n) is 6.04. The minimum Gasteiger partial charge on any atom is -0.457 e. The van der Waals surface area contributed by atoms with Crippen LogP contribution in [0.15, 0.2) is 0 Å². The van der Waals surface area contributed by atoms with Crippen LogP contribution >= 0.6 is 0 Å². The van der Waals surface area contributed by atoms with Crippen LogP contribution in [0.2, 0.25) is 0 Å². The molecule has 0 aliphatic carbocycles. The van der Waals surface area contributed by atoms with Crippen LogP contribution in [0.1, 0.15) is 33.7 Å². The fraction of sp³-hybridized carbons (Fsp3) is 0.615. The summed E-state index contributed by atoms with van der Waals surface area (Å²) < 4.78 is 5.54. The molecule has 94 valence electrons. The summed E-state index contributed by atoms with van der Waals surface area (Å²) in [6.07, 6.45) is 0.977. The van der Waals surface area contributed by atoms with Crippen molar-refractivity contribution in [3.05, 3.63) is 22.5 Å². The molecule has 1 aliphatic rings. The highest BCUT2D eigenvalue weighted by molar-refractivity contribution is 5.93. The van der Waals surface area contributed by atoms with E-state index in [2.05, 4.69) is 9.88 Å². The van der Waals surface area contributed by atoms with Gasteiger partial charge in [-0.15, -0.1) is 0 Å². The molecule has 1 aromatic rings. The number of hydrogen-bond acceptors (Lipinski definition) is 3. The van der Waals surface area contributed by atoms with Gasteiger partial charge >= 0.3 is 5.97 Å². The first-order chi connectivity index (χ1) is 7.99. The van der Waals surface area contributed by atoms with E-state index in [1.807, 2.05) is 27.8 Å². The number of likely N-dealkylation sites (tertiary alicyclic amines) is 1. The van der Waals surface area contributed by atoms with E-state index in [9.17, 15) is 4.79 Å². The molecule has 2 rings (SSSR count). The smallest absolute Gasteiger partial charge is 0.340 e. The van der Waals surface area contributed by atoms with E-state index in [1.54, 1.807) is 0 Å². The van der Waals surface area contributed by atoms with Gasteiger partial charge in [0.15, 0.2) is 0 Å². The van der Waals surface area contributed by atoms with Gasteiger partial charge < -0.3 is 14.6 Å². The van der Waals surface area contributed by atoms with Crippen molar-refractivity contribution in [1.82, 2.24) is 9.88 Å². The predicted molar refractivity (Wildman–Crippen MR) is 66.3 cm³/mol. The van der Waals surface area contributed by atoms with Gasteiger partial charge in [-0.3, -0.25) is 0 Å². The van der Waals surface area contributed by atoms with Crippen molar-refractivity contribution in [3.8, 4) is 0 Å². The Hall–Kier alpha value is -1.29. The number of ether oxygens (including phenoxy) is 1. The molecule has 0 aromatic carbocycles. The maximum Gasteiger partial charge on any atom is 0.340 e. The third-order valence-electron chi connectivity index (χ3n) is 3.51. The summed E-state index contributed by atoms with van der Waals surface area (Å²) in [5, 5.41) is 0. The van der Waals surface area contributed by atoms with Gasteiger partial charge in [-0.1, -0.05) is 0 Å². The monoisotopic (exact) mass is 236 g/mol. The molecule has 4 heteroatoms. The number of aromatic amines is 1. The normalized spacial score (nSPS) is 20.8. The Morgan fingerprint density at radius 2 is 2.06 bits per heavy atom. The average molecular weight is 236 g/mol. The number of nitrogens with zero attached hydrogens (tertiary/aromatic N) is 1. The van der Waals surface area contributed by atoms with Crippen LogP contribution < -0.4 is 0 Å². The van der Waals surface area contributed by atoms with Crippen molar-refractivity contribution in [3.63, 3.8) is 0 Å². The summed E-state index contributed by atoms with van der Waals surface area (Å²) in [4.78, 5) is 17.5. The third kappa shape index (κ3) is 2.36. The van der Waals surface area contributed by atoms with E-state index in [0.29, 0.717) is 5.56 Å². The van der Waals surface area contributed by atoms with Crippen molar-refractivity contribution < 1.29 is 9.53 Å². The van der Waals surface area contributed by atoms with Crippen LogP contribution in [0.5, 0.6) is 0 Å². The Labute approximate surface area is 102 Å². The lowest BCUT2D eigenvalue weighted by molar-refractivity contribution is 0.0325. The molecule has 1 fully saturated rings. The van der Waals surface area contributed by atoms with Gasteiger partial charge in [0.2, 0.25) is 0 Å². The van der Waals surface area contributed by atoms with Gasteiger partial charge in [0.05, 0.1) is 5.56 Å². The van der Waals surface area contributed by atoms with Crippen molar-refractivity contribution in [1.29, 1.82) is 0 Å². The van der Waals surface area contributed by atoms with Crippen LogP contribution in [-0.4, -0.2) is 42.1 Å². The number of likely N-dealkylation sites (N-methyl/N-ethyl adjacent to an activating group) is 1. The maximum atomic E-state index is 12.1. The number of carbonyl (C=O) groups excluding carboxylic acids is 1. The summed E-state index contributed by atoms with van der Waals surface area (Å²) in [6.45, 7) is 7.69. The SMILES string of the molecule is Cc1[nH]c(C)c(C(=O)OC2CCN(C)C2)c1C. The quantitative estimate of drug-likeness (QED) is 0.796. The largest absolute Gasteiger partial charge is 0.457 e. The Balaban J connectivity index is 2.09. The Morgan fingerprint density at radius 1 is 1.35 bits per heavy atom. The zero-order valence-corrected chi connectivity index (χ0v) is 11.0. The second-order valence-electron chi connectivity index (χ2n) is 4.95. The Kier molecular flexibility index (Phi) is 3.24. The number of carbonyl (C=O) groups is 1. The van der Waals surface area contributed by atoms with Crippen LogP contribution in [0.25, 0.3) is 0 Å². The summed E-state index contributed by atoms with van der Waals surface area (Å²) in [6, 6.07) is 0. The number of H-pyrrole nitrogens is 1. The average Bonchev–Trinajstić information content (AvgIpc) is 2.73. The minimum atomic E-state index is -0.190.